The van der Waals surface area contributed by atoms with Crippen molar-refractivity contribution in [1.82, 2.24) is 5.32 Å². The smallest absolute Gasteiger partial charge is 0.326 e. The summed E-state index contributed by atoms with van der Waals surface area (Å²) in [5, 5.41) is 12.3. The highest BCUT2D eigenvalue weighted by atomic mass is 79.9. The number of ether oxygens (including phenoxy) is 1. The number of halogens is 3. The topological polar surface area (TPSA) is 75.6 Å². The molecular weight excluding hydrogens is 477 g/mol. The van der Waals surface area contributed by atoms with Crippen LogP contribution in [-0.4, -0.2) is 30.1 Å². The van der Waals surface area contributed by atoms with Gasteiger partial charge in [-0.1, -0.05) is 49.5 Å². The Balaban J connectivity index is 2.16. The van der Waals surface area contributed by atoms with Gasteiger partial charge in [-0.05, 0) is 35.9 Å². The average Bonchev–Trinajstić information content (AvgIpc) is 2.53. The van der Waals surface area contributed by atoms with Gasteiger partial charge in [-0.25, -0.2) is 4.79 Å². The van der Waals surface area contributed by atoms with Crippen molar-refractivity contribution in [3.63, 3.8) is 0 Å². The maximum absolute atomic E-state index is 12.4. The molecule has 2 aromatic rings. The van der Waals surface area contributed by atoms with E-state index in [0.717, 1.165) is 0 Å². The SMILES string of the molecule is COc1ccc(C[C@@H](NC(=O)c2cc(Br)cc(Br)c2)C(=O)O)cc1Cl. The summed E-state index contributed by atoms with van der Waals surface area (Å²) in [6.45, 7) is 0. The van der Waals surface area contributed by atoms with Crippen molar-refractivity contribution in [1.29, 1.82) is 0 Å². The van der Waals surface area contributed by atoms with Crippen LogP contribution < -0.4 is 10.1 Å². The summed E-state index contributed by atoms with van der Waals surface area (Å²) in [6.07, 6.45) is 0.0972. The third-order valence-corrected chi connectivity index (χ3v) is 4.60. The van der Waals surface area contributed by atoms with Crippen molar-refractivity contribution in [2.24, 2.45) is 0 Å². The van der Waals surface area contributed by atoms with E-state index in [2.05, 4.69) is 37.2 Å². The molecule has 0 aliphatic carbocycles. The fraction of sp³-hybridized carbons (Fsp3) is 0.176. The molecule has 0 aliphatic rings. The predicted octanol–water partition coefficient (Wildman–Crippen LogP) is 4.30. The number of carboxylic acids is 1. The number of carbonyl (C=O) groups excluding carboxylic acids is 1. The lowest BCUT2D eigenvalue weighted by Gasteiger charge is -2.15. The Bertz CT molecular complexity index is 793. The Morgan fingerprint density at radius 2 is 1.84 bits per heavy atom. The summed E-state index contributed by atoms with van der Waals surface area (Å²) in [7, 11) is 1.50. The van der Waals surface area contributed by atoms with E-state index in [0.29, 0.717) is 30.8 Å². The predicted molar refractivity (Wildman–Crippen MR) is 102 cm³/mol. The second-order valence-electron chi connectivity index (χ2n) is 5.20. The molecule has 2 rings (SSSR count). The number of nitrogens with one attached hydrogen (secondary N) is 1. The van der Waals surface area contributed by atoms with Gasteiger partial charge in [0.25, 0.3) is 5.91 Å². The van der Waals surface area contributed by atoms with Gasteiger partial charge < -0.3 is 15.2 Å². The number of aliphatic carboxylic acids is 1. The maximum atomic E-state index is 12.4. The Kier molecular flexibility index (Phi) is 6.87. The molecule has 0 unspecified atom stereocenters. The molecule has 5 nitrogen and oxygen atoms in total. The van der Waals surface area contributed by atoms with Gasteiger partial charge in [0, 0.05) is 20.9 Å². The first kappa shape index (κ1) is 19.8. The van der Waals surface area contributed by atoms with E-state index in [1.165, 1.54) is 7.11 Å². The van der Waals surface area contributed by atoms with Crippen LogP contribution in [0.5, 0.6) is 5.75 Å². The van der Waals surface area contributed by atoms with Gasteiger partial charge in [0.2, 0.25) is 0 Å². The minimum atomic E-state index is -1.13. The lowest BCUT2D eigenvalue weighted by Crippen LogP contribution is -2.42. The van der Waals surface area contributed by atoms with Crippen LogP contribution in [-0.2, 0) is 11.2 Å². The fourth-order valence-corrected chi connectivity index (χ4v) is 3.77. The molecular formula is C17H14Br2ClNO4. The van der Waals surface area contributed by atoms with Gasteiger partial charge in [0.05, 0.1) is 12.1 Å². The molecule has 0 heterocycles. The summed E-state index contributed by atoms with van der Waals surface area (Å²) in [4.78, 5) is 23.9. The summed E-state index contributed by atoms with van der Waals surface area (Å²) < 4.78 is 6.49. The van der Waals surface area contributed by atoms with E-state index in [-0.39, 0.29) is 6.42 Å². The number of carbonyl (C=O) groups is 2. The molecule has 0 saturated heterocycles. The van der Waals surface area contributed by atoms with Gasteiger partial charge in [-0.15, -0.1) is 0 Å². The van der Waals surface area contributed by atoms with Gasteiger partial charge >= 0.3 is 5.97 Å². The van der Waals surface area contributed by atoms with Crippen molar-refractivity contribution in [2.75, 3.05) is 7.11 Å². The van der Waals surface area contributed by atoms with Crippen LogP contribution in [0.2, 0.25) is 5.02 Å². The number of benzene rings is 2. The molecule has 0 saturated carbocycles. The first-order chi connectivity index (χ1) is 11.8. The molecule has 8 heteroatoms. The molecule has 0 radical (unpaired) electrons. The fourth-order valence-electron chi connectivity index (χ4n) is 2.20. The highest BCUT2D eigenvalue weighted by molar-refractivity contribution is 9.11. The van der Waals surface area contributed by atoms with Crippen molar-refractivity contribution < 1.29 is 19.4 Å². The molecule has 0 bridgehead atoms. The molecule has 2 N–H and O–H groups in total. The van der Waals surface area contributed by atoms with E-state index in [4.69, 9.17) is 16.3 Å². The van der Waals surface area contributed by atoms with Crippen molar-refractivity contribution in [3.05, 3.63) is 61.5 Å². The highest BCUT2D eigenvalue weighted by Crippen LogP contribution is 2.25. The minimum Gasteiger partial charge on any atom is -0.495 e. The van der Waals surface area contributed by atoms with Crippen LogP contribution in [0.25, 0.3) is 0 Å². The van der Waals surface area contributed by atoms with Crippen LogP contribution >= 0.6 is 43.5 Å². The third kappa shape index (κ3) is 5.45. The number of hydrogen-bond acceptors (Lipinski definition) is 3. The zero-order chi connectivity index (χ0) is 18.6. The van der Waals surface area contributed by atoms with Crippen LogP contribution in [0.15, 0.2) is 45.3 Å². The molecule has 132 valence electrons. The maximum Gasteiger partial charge on any atom is 0.326 e. The van der Waals surface area contributed by atoms with E-state index >= 15 is 0 Å². The third-order valence-electron chi connectivity index (χ3n) is 3.38. The lowest BCUT2D eigenvalue weighted by atomic mass is 10.1. The van der Waals surface area contributed by atoms with E-state index in [9.17, 15) is 14.7 Å². The van der Waals surface area contributed by atoms with Crippen molar-refractivity contribution in [3.8, 4) is 5.75 Å². The van der Waals surface area contributed by atoms with E-state index in [1.807, 2.05) is 0 Å². The van der Waals surface area contributed by atoms with Crippen LogP contribution in [0.1, 0.15) is 15.9 Å². The lowest BCUT2D eigenvalue weighted by molar-refractivity contribution is -0.139. The first-order valence-corrected chi connectivity index (χ1v) is 9.08. The molecule has 25 heavy (non-hydrogen) atoms. The summed E-state index contributed by atoms with van der Waals surface area (Å²) in [5.41, 5.74) is 1.02. The zero-order valence-corrected chi connectivity index (χ0v) is 17.0. The molecule has 1 atom stereocenters. The molecule has 0 spiro atoms. The van der Waals surface area contributed by atoms with Crippen LogP contribution in [0, 0.1) is 0 Å². The minimum absolute atomic E-state index is 0.0972. The average molecular weight is 492 g/mol. The highest BCUT2D eigenvalue weighted by Gasteiger charge is 2.22. The van der Waals surface area contributed by atoms with Crippen LogP contribution in [0.3, 0.4) is 0 Å². The second-order valence-corrected chi connectivity index (χ2v) is 7.43. The molecule has 0 fully saturated rings. The summed E-state index contributed by atoms with van der Waals surface area (Å²) >= 11 is 12.7. The van der Waals surface area contributed by atoms with Gasteiger partial charge in [-0.3, -0.25) is 4.79 Å². The Morgan fingerprint density at radius 3 is 2.36 bits per heavy atom. The Labute approximate surface area is 166 Å². The van der Waals surface area contributed by atoms with Crippen molar-refractivity contribution >= 4 is 55.3 Å². The van der Waals surface area contributed by atoms with E-state index < -0.39 is 17.9 Å². The molecule has 1 amide bonds. The monoisotopic (exact) mass is 489 g/mol. The molecule has 2 aromatic carbocycles. The quantitative estimate of drug-likeness (QED) is 0.632. The van der Waals surface area contributed by atoms with E-state index in [1.54, 1.807) is 36.4 Å². The normalized spacial score (nSPS) is 11.7. The largest absolute Gasteiger partial charge is 0.495 e. The summed E-state index contributed by atoms with van der Waals surface area (Å²) in [6, 6.07) is 8.91. The Hall–Kier alpha value is -1.57. The molecule has 0 aromatic heterocycles. The van der Waals surface area contributed by atoms with Gasteiger partial charge in [0.1, 0.15) is 11.8 Å². The number of methoxy groups -OCH3 is 1. The van der Waals surface area contributed by atoms with Gasteiger partial charge in [-0.2, -0.15) is 0 Å². The Morgan fingerprint density at radius 1 is 1.20 bits per heavy atom. The van der Waals surface area contributed by atoms with Crippen molar-refractivity contribution in [2.45, 2.75) is 12.5 Å². The number of rotatable bonds is 6. The number of hydrogen-bond donors (Lipinski definition) is 2. The van der Waals surface area contributed by atoms with Crippen LogP contribution in [0.4, 0.5) is 0 Å². The standard InChI is InChI=1S/C17H14Br2ClNO4/c1-25-15-3-2-9(4-13(15)20)5-14(17(23)24)21-16(22)10-6-11(18)8-12(19)7-10/h2-4,6-8,14H,5H2,1H3,(H,21,22)(H,23,24)/t14-/m1/s1. The van der Waals surface area contributed by atoms with Gasteiger partial charge in [0.15, 0.2) is 0 Å². The molecule has 0 aliphatic heterocycles. The zero-order valence-electron chi connectivity index (χ0n) is 13.1. The summed E-state index contributed by atoms with van der Waals surface area (Å²) in [5.74, 6) is -1.11. The first-order valence-electron chi connectivity index (χ1n) is 7.12. The number of carboxylic acid groups (broad SMARTS) is 1. The number of amides is 1. The second kappa shape index (κ2) is 8.69.